The van der Waals surface area contributed by atoms with Crippen LogP contribution in [0.1, 0.15) is 39.5 Å². The Hall–Kier alpha value is -0.740. The summed E-state index contributed by atoms with van der Waals surface area (Å²) in [6.07, 6.45) is 7.43. The number of aliphatic imine (C=N–C) groups is 1. The molecule has 1 saturated heterocycles. The van der Waals surface area contributed by atoms with Crippen LogP contribution in [0.15, 0.2) is 16.2 Å². The van der Waals surface area contributed by atoms with Gasteiger partial charge in [0.15, 0.2) is 0 Å². The van der Waals surface area contributed by atoms with E-state index in [1.165, 1.54) is 19.3 Å². The lowest BCUT2D eigenvalue weighted by molar-refractivity contribution is 0.0159. The first-order chi connectivity index (χ1) is 10.1. The summed E-state index contributed by atoms with van der Waals surface area (Å²) in [5, 5.41) is 7.02. The number of ether oxygens (including phenoxy) is 1. The molecule has 2 fully saturated rings. The minimum Gasteiger partial charge on any atom is -0.377 e. The second-order valence-electron chi connectivity index (χ2n) is 7.15. The van der Waals surface area contributed by atoms with Crippen LogP contribution in [0.5, 0.6) is 0 Å². The fraction of sp³-hybridized carbons (Fsp3) is 0.812. The summed E-state index contributed by atoms with van der Waals surface area (Å²) in [5.74, 6) is 2.31. The summed E-state index contributed by atoms with van der Waals surface area (Å²) in [5.41, 5.74) is 0.353. The van der Waals surface area contributed by atoms with Crippen LogP contribution in [0.3, 0.4) is 0 Å². The third kappa shape index (κ3) is 3.37. The van der Waals surface area contributed by atoms with E-state index in [2.05, 4.69) is 29.5 Å². The zero-order valence-corrected chi connectivity index (χ0v) is 13.7. The van der Waals surface area contributed by atoms with E-state index in [1.54, 1.807) is 0 Å². The third-order valence-electron chi connectivity index (χ3n) is 5.18. The summed E-state index contributed by atoms with van der Waals surface area (Å²) in [6.45, 7) is 7.13. The van der Waals surface area contributed by atoms with Gasteiger partial charge in [-0.05, 0) is 36.5 Å². The molecule has 2 N–H and O–H groups in total. The molecule has 21 heavy (non-hydrogen) atoms. The molecule has 3 rings (SSSR count). The van der Waals surface area contributed by atoms with Crippen molar-refractivity contribution in [3.8, 4) is 0 Å². The first kappa shape index (κ1) is 15.2. The van der Waals surface area contributed by atoms with Gasteiger partial charge in [0, 0.05) is 12.6 Å². The molecule has 2 aliphatic heterocycles. The van der Waals surface area contributed by atoms with Crippen molar-refractivity contribution in [1.82, 2.24) is 10.6 Å². The standard InChI is InChI=1S/C16H26ClN3O/c1-16(2)9-21-15-11(4-3-5-12(15)16)6-7-18-14-8-13(17)19-10-20-14/h8,11-12,15,19H,3-7,9-10H2,1-2H3,(H,18,20). The quantitative estimate of drug-likeness (QED) is 0.788. The summed E-state index contributed by atoms with van der Waals surface area (Å²) < 4.78 is 6.14. The molecule has 0 bridgehead atoms. The highest BCUT2D eigenvalue weighted by atomic mass is 35.5. The lowest BCUT2D eigenvalue weighted by Crippen LogP contribution is -2.37. The molecule has 4 nitrogen and oxygen atoms in total. The Kier molecular flexibility index (Phi) is 4.46. The summed E-state index contributed by atoms with van der Waals surface area (Å²) >= 11 is 5.95. The molecule has 1 aliphatic carbocycles. The highest BCUT2D eigenvalue weighted by Crippen LogP contribution is 2.48. The monoisotopic (exact) mass is 311 g/mol. The highest BCUT2D eigenvalue weighted by molar-refractivity contribution is 6.31. The topological polar surface area (TPSA) is 45.6 Å². The first-order valence-electron chi connectivity index (χ1n) is 8.07. The van der Waals surface area contributed by atoms with Crippen LogP contribution in [0.2, 0.25) is 0 Å². The van der Waals surface area contributed by atoms with Crippen molar-refractivity contribution in [2.45, 2.75) is 45.6 Å². The summed E-state index contributed by atoms with van der Waals surface area (Å²) in [6, 6.07) is 0. The zero-order chi connectivity index (χ0) is 14.9. The van der Waals surface area contributed by atoms with E-state index in [0.717, 1.165) is 31.3 Å². The van der Waals surface area contributed by atoms with Gasteiger partial charge in [-0.1, -0.05) is 31.9 Å². The van der Waals surface area contributed by atoms with Gasteiger partial charge < -0.3 is 15.4 Å². The van der Waals surface area contributed by atoms with Crippen molar-refractivity contribution < 1.29 is 4.74 Å². The number of fused-ring (bicyclic) bond motifs is 1. The van der Waals surface area contributed by atoms with Gasteiger partial charge >= 0.3 is 0 Å². The molecule has 118 valence electrons. The van der Waals surface area contributed by atoms with Crippen LogP contribution in [0.4, 0.5) is 0 Å². The van der Waals surface area contributed by atoms with E-state index in [4.69, 9.17) is 16.3 Å². The molecule has 3 unspecified atom stereocenters. The predicted octanol–water partition coefficient (Wildman–Crippen LogP) is 2.85. The average molecular weight is 312 g/mol. The Morgan fingerprint density at radius 1 is 1.48 bits per heavy atom. The number of amidine groups is 1. The van der Waals surface area contributed by atoms with Crippen molar-refractivity contribution in [3.63, 3.8) is 0 Å². The Morgan fingerprint density at radius 2 is 2.33 bits per heavy atom. The number of halogens is 1. The molecule has 0 aromatic carbocycles. The molecule has 0 aromatic heterocycles. The predicted molar refractivity (Wildman–Crippen MR) is 86.3 cm³/mol. The molecular weight excluding hydrogens is 286 g/mol. The molecular formula is C16H26ClN3O. The van der Waals surface area contributed by atoms with Gasteiger partial charge in [0.2, 0.25) is 0 Å². The maximum absolute atomic E-state index is 6.14. The molecule has 0 aromatic rings. The van der Waals surface area contributed by atoms with Gasteiger partial charge in [0.05, 0.1) is 12.7 Å². The van der Waals surface area contributed by atoms with E-state index >= 15 is 0 Å². The number of nitrogens with zero attached hydrogens (tertiary/aromatic N) is 1. The zero-order valence-electron chi connectivity index (χ0n) is 13.0. The summed E-state index contributed by atoms with van der Waals surface area (Å²) in [4.78, 5) is 4.35. The minimum atomic E-state index is 0.353. The molecule has 0 spiro atoms. The fourth-order valence-electron chi connectivity index (χ4n) is 3.98. The van der Waals surface area contributed by atoms with Crippen molar-refractivity contribution in [3.05, 3.63) is 11.2 Å². The minimum absolute atomic E-state index is 0.353. The smallest absolute Gasteiger partial charge is 0.125 e. The van der Waals surface area contributed by atoms with E-state index in [9.17, 15) is 0 Å². The summed E-state index contributed by atoms with van der Waals surface area (Å²) in [7, 11) is 0. The van der Waals surface area contributed by atoms with Gasteiger partial charge in [0.1, 0.15) is 17.7 Å². The van der Waals surface area contributed by atoms with Gasteiger partial charge in [-0.15, -0.1) is 0 Å². The van der Waals surface area contributed by atoms with Crippen LogP contribution in [-0.4, -0.2) is 31.8 Å². The Balaban J connectivity index is 1.50. The number of rotatable bonds is 3. The van der Waals surface area contributed by atoms with Crippen LogP contribution in [-0.2, 0) is 4.74 Å². The number of hydrogen-bond donors (Lipinski definition) is 2. The first-order valence-corrected chi connectivity index (χ1v) is 8.45. The van der Waals surface area contributed by atoms with Gasteiger partial charge in [-0.2, -0.15) is 0 Å². The van der Waals surface area contributed by atoms with Gasteiger partial charge in [0.25, 0.3) is 0 Å². The Bertz CT molecular complexity index is 447. The molecule has 2 heterocycles. The second-order valence-corrected chi connectivity index (χ2v) is 7.55. The SMILES string of the molecule is CC1(C)COC2C(CCNC3=NCNC(Cl)=C3)CCCC21. The van der Waals surface area contributed by atoms with E-state index in [-0.39, 0.29) is 0 Å². The van der Waals surface area contributed by atoms with Gasteiger partial charge in [-0.25, -0.2) is 4.99 Å². The molecule has 5 heteroatoms. The number of nitrogens with one attached hydrogen (secondary N) is 2. The van der Waals surface area contributed by atoms with Crippen LogP contribution in [0, 0.1) is 17.3 Å². The third-order valence-corrected chi connectivity index (χ3v) is 5.43. The van der Waals surface area contributed by atoms with E-state index < -0.39 is 0 Å². The Morgan fingerprint density at radius 3 is 3.14 bits per heavy atom. The van der Waals surface area contributed by atoms with E-state index in [1.807, 2.05) is 6.08 Å². The van der Waals surface area contributed by atoms with Crippen LogP contribution in [0.25, 0.3) is 0 Å². The largest absolute Gasteiger partial charge is 0.377 e. The van der Waals surface area contributed by atoms with Crippen LogP contribution >= 0.6 is 11.6 Å². The second kappa shape index (κ2) is 6.17. The lowest BCUT2D eigenvalue weighted by atomic mass is 9.68. The van der Waals surface area contributed by atoms with Crippen LogP contribution < -0.4 is 10.6 Å². The fourth-order valence-corrected chi connectivity index (χ4v) is 4.14. The van der Waals surface area contributed by atoms with Crippen molar-refractivity contribution >= 4 is 17.4 Å². The normalized spacial score (nSPS) is 34.5. The lowest BCUT2D eigenvalue weighted by Gasteiger charge is -2.37. The molecule has 3 atom stereocenters. The Labute approximate surface area is 132 Å². The van der Waals surface area contributed by atoms with Crippen molar-refractivity contribution in [2.75, 3.05) is 19.8 Å². The molecule has 0 amide bonds. The average Bonchev–Trinajstić information content (AvgIpc) is 2.76. The van der Waals surface area contributed by atoms with Gasteiger partial charge in [-0.3, -0.25) is 0 Å². The maximum atomic E-state index is 6.14. The molecule has 3 aliphatic rings. The highest BCUT2D eigenvalue weighted by Gasteiger charge is 2.47. The van der Waals surface area contributed by atoms with Crippen molar-refractivity contribution in [1.29, 1.82) is 0 Å². The van der Waals surface area contributed by atoms with E-state index in [0.29, 0.717) is 29.3 Å². The molecule has 1 saturated carbocycles. The number of hydrogen-bond acceptors (Lipinski definition) is 4. The van der Waals surface area contributed by atoms with Crippen molar-refractivity contribution in [2.24, 2.45) is 22.2 Å². The maximum Gasteiger partial charge on any atom is 0.125 e. The molecule has 0 radical (unpaired) electrons.